The molecule has 1 aliphatic heterocycles. The molecule has 2 unspecified atom stereocenters. The molecule has 2 N–H and O–H groups in total. The van der Waals surface area contributed by atoms with E-state index in [2.05, 4.69) is 59.7 Å². The maximum Gasteiger partial charge on any atom is 0.326 e. The number of para-hydroxylation sites is 1. The van der Waals surface area contributed by atoms with Gasteiger partial charge in [0.25, 0.3) is 0 Å². The average Bonchev–Trinajstić information content (AvgIpc) is 3.23. The van der Waals surface area contributed by atoms with Crippen molar-refractivity contribution in [1.82, 2.24) is 9.88 Å². The van der Waals surface area contributed by atoms with E-state index in [1.165, 1.54) is 10.9 Å². The van der Waals surface area contributed by atoms with Gasteiger partial charge in [-0.25, -0.2) is 4.79 Å². The molecule has 1 aliphatic rings. The fourth-order valence-electron chi connectivity index (χ4n) is 4.30. The zero-order chi connectivity index (χ0) is 21.8. The Morgan fingerprint density at radius 1 is 1.23 bits per heavy atom. The number of carbonyl (C=O) groups is 1. The molecule has 0 aliphatic carbocycles. The van der Waals surface area contributed by atoms with Crippen molar-refractivity contribution in [2.24, 2.45) is 0 Å². The lowest BCUT2D eigenvalue weighted by molar-refractivity contribution is 0.257. The highest BCUT2D eigenvalue weighted by Gasteiger charge is 2.21. The molecule has 0 fully saturated rings. The third-order valence-electron chi connectivity index (χ3n) is 6.36. The molecule has 0 radical (unpaired) electrons. The molecule has 0 bridgehead atoms. The Morgan fingerprint density at radius 2 is 2.03 bits per heavy atom. The summed E-state index contributed by atoms with van der Waals surface area (Å²) in [6.45, 7) is 8.18. The van der Waals surface area contributed by atoms with Crippen LogP contribution in [0.15, 0.2) is 67.0 Å². The van der Waals surface area contributed by atoms with Crippen LogP contribution in [0.25, 0.3) is 10.9 Å². The second kappa shape index (κ2) is 9.29. The van der Waals surface area contributed by atoms with Gasteiger partial charge < -0.3 is 15.2 Å². The number of nitrogens with zero attached hydrogens (tertiary/aromatic N) is 2. The number of H-pyrrole nitrogens is 1. The number of urea groups is 1. The number of fused-ring (bicyclic) bond motifs is 1. The summed E-state index contributed by atoms with van der Waals surface area (Å²) >= 11 is 0. The first kappa shape index (κ1) is 21.0. The molecule has 0 saturated carbocycles. The maximum atomic E-state index is 12.9. The molecular formula is C26H32N4O. The highest BCUT2D eigenvalue weighted by atomic mass is 16.2. The van der Waals surface area contributed by atoms with E-state index in [0.717, 1.165) is 36.3 Å². The highest BCUT2D eigenvalue weighted by Crippen LogP contribution is 2.34. The van der Waals surface area contributed by atoms with Crippen molar-refractivity contribution in [3.05, 3.63) is 72.6 Å². The number of benzene rings is 2. The van der Waals surface area contributed by atoms with Crippen molar-refractivity contribution >= 4 is 28.3 Å². The van der Waals surface area contributed by atoms with Crippen LogP contribution in [-0.4, -0.2) is 35.0 Å². The van der Waals surface area contributed by atoms with Crippen molar-refractivity contribution in [3.63, 3.8) is 0 Å². The molecule has 2 amide bonds. The van der Waals surface area contributed by atoms with E-state index in [1.54, 1.807) is 4.90 Å². The molecule has 0 saturated heterocycles. The summed E-state index contributed by atoms with van der Waals surface area (Å²) in [7, 11) is 0. The standard InChI is InChI=1S/C26H32N4O/c1-4-19(3)29-15-13-20(14-16-29)24-18-27-25-12-11-22(17-23(24)25)30(5-2)26(31)28-21-9-7-6-8-10-21/h6-13,15,17-20,27H,4-5,14,16H2,1-3H3,(H,28,31). The van der Waals surface area contributed by atoms with Gasteiger partial charge in [0.1, 0.15) is 0 Å². The van der Waals surface area contributed by atoms with Crippen molar-refractivity contribution in [1.29, 1.82) is 0 Å². The Hall–Kier alpha value is -3.21. The van der Waals surface area contributed by atoms with E-state index in [0.29, 0.717) is 18.5 Å². The normalized spacial score (nSPS) is 17.0. The first-order valence-corrected chi connectivity index (χ1v) is 11.3. The van der Waals surface area contributed by atoms with E-state index >= 15 is 0 Å². The molecule has 162 valence electrons. The number of allylic oxidation sites excluding steroid dienone is 1. The quantitative estimate of drug-likeness (QED) is 0.493. The minimum absolute atomic E-state index is 0.119. The zero-order valence-electron chi connectivity index (χ0n) is 18.6. The van der Waals surface area contributed by atoms with E-state index in [-0.39, 0.29) is 6.03 Å². The van der Waals surface area contributed by atoms with Crippen molar-refractivity contribution in [3.8, 4) is 0 Å². The Morgan fingerprint density at radius 3 is 2.71 bits per heavy atom. The van der Waals surface area contributed by atoms with Crippen LogP contribution in [0, 0.1) is 0 Å². The van der Waals surface area contributed by atoms with E-state index in [9.17, 15) is 4.79 Å². The lowest BCUT2D eigenvalue weighted by Gasteiger charge is -2.32. The molecule has 4 rings (SSSR count). The third-order valence-corrected chi connectivity index (χ3v) is 6.36. The summed E-state index contributed by atoms with van der Waals surface area (Å²) < 4.78 is 0. The number of carbonyl (C=O) groups excluding carboxylic acids is 1. The second-order valence-electron chi connectivity index (χ2n) is 8.25. The number of hydrogen-bond acceptors (Lipinski definition) is 2. The molecular weight excluding hydrogens is 384 g/mol. The first-order valence-electron chi connectivity index (χ1n) is 11.3. The van der Waals surface area contributed by atoms with Gasteiger partial charge in [-0.15, -0.1) is 0 Å². The largest absolute Gasteiger partial charge is 0.375 e. The fraction of sp³-hybridized carbons (Fsp3) is 0.346. The van der Waals surface area contributed by atoms with Crippen LogP contribution >= 0.6 is 0 Å². The first-order chi connectivity index (χ1) is 15.1. The van der Waals surface area contributed by atoms with Crippen molar-refractivity contribution in [2.45, 2.75) is 45.6 Å². The molecule has 2 atom stereocenters. The number of anilines is 2. The summed E-state index contributed by atoms with van der Waals surface area (Å²) in [5.41, 5.74) is 4.12. The van der Waals surface area contributed by atoms with Gasteiger partial charge >= 0.3 is 6.03 Å². The van der Waals surface area contributed by atoms with E-state index < -0.39 is 0 Å². The molecule has 5 nitrogen and oxygen atoms in total. The number of nitrogens with one attached hydrogen (secondary N) is 2. The van der Waals surface area contributed by atoms with Crippen LogP contribution < -0.4 is 10.2 Å². The van der Waals surface area contributed by atoms with Gasteiger partial charge in [-0.2, -0.15) is 0 Å². The molecule has 3 aromatic rings. The predicted molar refractivity (Wildman–Crippen MR) is 130 cm³/mol. The summed E-state index contributed by atoms with van der Waals surface area (Å²) in [4.78, 5) is 20.6. The summed E-state index contributed by atoms with van der Waals surface area (Å²) in [6.07, 6.45) is 8.97. The average molecular weight is 417 g/mol. The van der Waals surface area contributed by atoms with Gasteiger partial charge in [-0.1, -0.05) is 31.2 Å². The van der Waals surface area contributed by atoms with Crippen LogP contribution in [0.4, 0.5) is 16.2 Å². The Labute approximate surface area is 184 Å². The lowest BCUT2D eigenvalue weighted by Crippen LogP contribution is -2.34. The number of hydrogen-bond donors (Lipinski definition) is 2. The van der Waals surface area contributed by atoms with Crippen LogP contribution in [0.5, 0.6) is 0 Å². The molecule has 31 heavy (non-hydrogen) atoms. The predicted octanol–water partition coefficient (Wildman–Crippen LogP) is 6.33. The number of rotatable bonds is 6. The summed E-state index contributed by atoms with van der Waals surface area (Å²) in [6, 6.07) is 16.3. The molecule has 0 spiro atoms. The summed E-state index contributed by atoms with van der Waals surface area (Å²) in [5, 5.41) is 4.18. The van der Waals surface area contributed by atoms with Crippen LogP contribution in [-0.2, 0) is 0 Å². The number of aromatic nitrogens is 1. The fourth-order valence-corrected chi connectivity index (χ4v) is 4.30. The number of aromatic amines is 1. The van der Waals surface area contributed by atoms with Crippen LogP contribution in [0.1, 0.15) is 45.1 Å². The van der Waals surface area contributed by atoms with Gasteiger partial charge in [0, 0.05) is 53.5 Å². The van der Waals surface area contributed by atoms with Crippen LogP contribution in [0.2, 0.25) is 0 Å². The van der Waals surface area contributed by atoms with Gasteiger partial charge in [-0.3, -0.25) is 4.90 Å². The van der Waals surface area contributed by atoms with Gasteiger partial charge in [0.05, 0.1) is 0 Å². The monoisotopic (exact) mass is 416 g/mol. The lowest BCUT2D eigenvalue weighted by atomic mass is 9.92. The molecule has 5 heteroatoms. The van der Waals surface area contributed by atoms with Crippen molar-refractivity contribution < 1.29 is 4.79 Å². The molecule has 2 heterocycles. The summed E-state index contributed by atoms with van der Waals surface area (Å²) in [5.74, 6) is 0.387. The van der Waals surface area contributed by atoms with E-state index in [1.807, 2.05) is 43.3 Å². The Bertz CT molecular complexity index is 1060. The smallest absolute Gasteiger partial charge is 0.326 e. The third kappa shape index (κ3) is 4.46. The van der Waals surface area contributed by atoms with Crippen LogP contribution in [0.3, 0.4) is 0 Å². The van der Waals surface area contributed by atoms with Gasteiger partial charge in [-0.05, 0) is 68.8 Å². The Kier molecular flexibility index (Phi) is 6.31. The zero-order valence-corrected chi connectivity index (χ0v) is 18.6. The van der Waals surface area contributed by atoms with E-state index in [4.69, 9.17) is 0 Å². The highest BCUT2D eigenvalue weighted by molar-refractivity contribution is 6.03. The van der Waals surface area contributed by atoms with Crippen molar-refractivity contribution in [2.75, 3.05) is 23.3 Å². The van der Waals surface area contributed by atoms with Gasteiger partial charge in [0.2, 0.25) is 0 Å². The number of amides is 2. The molecule has 1 aromatic heterocycles. The van der Waals surface area contributed by atoms with Gasteiger partial charge in [0.15, 0.2) is 0 Å². The Balaban J connectivity index is 1.58. The topological polar surface area (TPSA) is 51.4 Å². The minimum atomic E-state index is -0.119. The second-order valence-corrected chi connectivity index (χ2v) is 8.25. The minimum Gasteiger partial charge on any atom is -0.375 e. The maximum absolute atomic E-state index is 12.9. The molecule has 2 aromatic carbocycles. The SMILES string of the molecule is CCC(C)N1C=CC(c2c[nH]c3ccc(N(CC)C(=O)Nc4ccccc4)cc23)CC1.